The Morgan fingerprint density at radius 3 is 2.29 bits per heavy atom. The van der Waals surface area contributed by atoms with Crippen LogP contribution in [0.4, 0.5) is 0 Å². The summed E-state index contributed by atoms with van der Waals surface area (Å²) in [5.41, 5.74) is 3.08. The number of nitrogens with zero attached hydrogens (tertiary/aromatic N) is 3. The van der Waals surface area contributed by atoms with E-state index >= 15 is 0 Å². The van der Waals surface area contributed by atoms with Crippen LogP contribution in [-0.4, -0.2) is 68.4 Å². The highest BCUT2D eigenvalue weighted by atomic mass is 32.2. The lowest BCUT2D eigenvalue weighted by Crippen LogP contribution is -2.48. The molecule has 0 spiro atoms. The Labute approximate surface area is 249 Å². The highest BCUT2D eigenvalue weighted by Gasteiger charge is 2.42. The summed E-state index contributed by atoms with van der Waals surface area (Å²) in [7, 11) is -7.29. The molecule has 42 heavy (non-hydrogen) atoms. The fourth-order valence-corrected chi connectivity index (χ4v) is 10.2. The summed E-state index contributed by atoms with van der Waals surface area (Å²) in [6, 6.07) is 15.2. The zero-order chi connectivity index (χ0) is 29.7. The maximum atomic E-state index is 13.7. The quantitative estimate of drug-likeness (QED) is 0.368. The molecule has 6 rings (SSSR count). The molecule has 2 fully saturated rings. The van der Waals surface area contributed by atoms with E-state index < -0.39 is 31.0 Å². The summed E-state index contributed by atoms with van der Waals surface area (Å²) in [5, 5.41) is 13.2. The number of sulfonamides is 1. The van der Waals surface area contributed by atoms with E-state index in [4.69, 9.17) is 0 Å². The number of allylic oxidation sites excluding steroid dienone is 3. The van der Waals surface area contributed by atoms with Gasteiger partial charge in [-0.15, -0.1) is 0 Å². The highest BCUT2D eigenvalue weighted by Crippen LogP contribution is 2.45. The van der Waals surface area contributed by atoms with Gasteiger partial charge in [0.2, 0.25) is 10.0 Å². The van der Waals surface area contributed by atoms with Crippen molar-refractivity contribution in [1.82, 2.24) is 9.21 Å². The SMILES string of the molecule is CC1(C)CCC(S(=O)(=O)c2ccc3c(c2)/C(=N\O)C2C=C(S(=O)(=O)N4CCN(Cc5ccccc5)CC4)C=CC32)CC1. The van der Waals surface area contributed by atoms with Crippen molar-refractivity contribution in [3.63, 3.8) is 0 Å². The Balaban J connectivity index is 1.19. The van der Waals surface area contributed by atoms with Gasteiger partial charge in [0.1, 0.15) is 0 Å². The van der Waals surface area contributed by atoms with Crippen molar-refractivity contribution in [1.29, 1.82) is 0 Å². The molecule has 0 amide bonds. The Kier molecular flexibility index (Phi) is 7.70. The van der Waals surface area contributed by atoms with Crippen molar-refractivity contribution in [3.8, 4) is 0 Å². The lowest BCUT2D eigenvalue weighted by Gasteiger charge is -2.34. The number of hydrogen-bond acceptors (Lipinski definition) is 7. The number of piperazine rings is 1. The number of hydrogen-bond donors (Lipinski definition) is 1. The minimum absolute atomic E-state index is 0.156. The van der Waals surface area contributed by atoms with Crippen LogP contribution in [0.5, 0.6) is 0 Å². The van der Waals surface area contributed by atoms with Crippen LogP contribution in [0.25, 0.3) is 0 Å². The molecule has 10 heteroatoms. The fourth-order valence-electron chi connectivity index (χ4n) is 6.89. The largest absolute Gasteiger partial charge is 0.411 e. The van der Waals surface area contributed by atoms with Crippen molar-refractivity contribution < 1.29 is 22.0 Å². The predicted octanol–water partition coefficient (Wildman–Crippen LogP) is 4.92. The number of benzene rings is 2. The summed E-state index contributed by atoms with van der Waals surface area (Å²) in [5.74, 6) is -0.715. The maximum absolute atomic E-state index is 13.7. The Morgan fingerprint density at radius 2 is 1.62 bits per heavy atom. The lowest BCUT2D eigenvalue weighted by atomic mass is 9.77. The Morgan fingerprint density at radius 1 is 0.929 bits per heavy atom. The normalized spacial score (nSPS) is 26.1. The number of rotatable bonds is 6. The number of oxime groups is 1. The minimum atomic E-state index is -3.75. The topological polar surface area (TPSA) is 107 Å². The molecule has 1 saturated carbocycles. The van der Waals surface area contributed by atoms with Gasteiger partial charge in [0.25, 0.3) is 0 Å². The molecule has 0 aromatic heterocycles. The molecule has 1 heterocycles. The first-order valence-electron chi connectivity index (χ1n) is 14.8. The maximum Gasteiger partial charge on any atom is 0.242 e. The van der Waals surface area contributed by atoms with Gasteiger partial charge in [-0.05, 0) is 60.4 Å². The monoisotopic (exact) mass is 609 g/mol. The van der Waals surface area contributed by atoms with Crippen molar-refractivity contribution in [3.05, 3.63) is 88.4 Å². The molecule has 8 nitrogen and oxygen atoms in total. The van der Waals surface area contributed by atoms with Gasteiger partial charge in [0, 0.05) is 50.1 Å². The number of fused-ring (bicyclic) bond motifs is 3. The van der Waals surface area contributed by atoms with E-state index in [2.05, 4.69) is 36.0 Å². The molecule has 224 valence electrons. The van der Waals surface area contributed by atoms with Crippen LogP contribution in [0.1, 0.15) is 62.1 Å². The van der Waals surface area contributed by atoms with E-state index in [1.165, 1.54) is 9.87 Å². The van der Waals surface area contributed by atoms with E-state index in [1.54, 1.807) is 30.4 Å². The third-order valence-corrected chi connectivity index (χ3v) is 13.7. The molecule has 0 bridgehead atoms. The third kappa shape index (κ3) is 5.38. The Bertz CT molecular complexity index is 1640. The third-order valence-electron chi connectivity index (χ3n) is 9.55. The molecule has 2 aromatic rings. The van der Waals surface area contributed by atoms with Gasteiger partial charge in [0.05, 0.1) is 20.8 Å². The van der Waals surface area contributed by atoms with Crippen LogP contribution in [0.2, 0.25) is 0 Å². The lowest BCUT2D eigenvalue weighted by molar-refractivity contribution is 0.182. The average molecular weight is 610 g/mol. The van der Waals surface area contributed by atoms with Crippen LogP contribution in [0.3, 0.4) is 0 Å². The van der Waals surface area contributed by atoms with Gasteiger partial charge in [0.15, 0.2) is 9.84 Å². The molecule has 2 atom stereocenters. The number of sulfone groups is 1. The molecular weight excluding hydrogens is 571 g/mol. The summed E-state index contributed by atoms with van der Waals surface area (Å²) < 4.78 is 56.0. The molecule has 1 N–H and O–H groups in total. The standard InChI is InChI=1S/C32H39N3O5S2/c1-32(2)14-12-24(13-15-32)41(37,38)25-8-10-27-28-11-9-26(21-30(28)31(33-36)29(27)20-25)42(39,40)35-18-16-34(17-19-35)22-23-6-4-3-5-7-23/h3-11,20-21,24,28,30,36H,12-19,22H2,1-2H3/b33-31+. The summed E-state index contributed by atoms with van der Waals surface area (Å²) in [4.78, 5) is 2.68. The first-order chi connectivity index (χ1) is 20.0. The van der Waals surface area contributed by atoms with Crippen LogP contribution in [0.15, 0.2) is 81.7 Å². The molecule has 1 aliphatic heterocycles. The van der Waals surface area contributed by atoms with Crippen LogP contribution in [0, 0.1) is 11.3 Å². The molecular formula is C32H39N3O5S2. The molecule has 1 saturated heterocycles. The molecule has 2 unspecified atom stereocenters. The van der Waals surface area contributed by atoms with E-state index in [-0.39, 0.29) is 21.1 Å². The summed E-state index contributed by atoms with van der Waals surface area (Å²) in [6.45, 7) is 7.22. The molecule has 3 aliphatic carbocycles. The average Bonchev–Trinajstić information content (AvgIpc) is 3.30. The van der Waals surface area contributed by atoms with Crippen LogP contribution >= 0.6 is 0 Å². The molecule has 0 radical (unpaired) electrons. The van der Waals surface area contributed by atoms with E-state index in [0.29, 0.717) is 50.3 Å². The van der Waals surface area contributed by atoms with Crippen molar-refractivity contribution in [2.75, 3.05) is 26.2 Å². The van der Waals surface area contributed by atoms with Gasteiger partial charge in [-0.1, -0.05) is 67.6 Å². The van der Waals surface area contributed by atoms with Gasteiger partial charge in [-0.25, -0.2) is 16.8 Å². The van der Waals surface area contributed by atoms with Crippen molar-refractivity contribution in [2.24, 2.45) is 16.5 Å². The van der Waals surface area contributed by atoms with Crippen LogP contribution < -0.4 is 0 Å². The predicted molar refractivity (Wildman–Crippen MR) is 164 cm³/mol. The van der Waals surface area contributed by atoms with Gasteiger partial charge in [-0.2, -0.15) is 4.31 Å². The fraction of sp³-hybridized carbons (Fsp3) is 0.469. The first kappa shape index (κ1) is 29.3. The second-order valence-corrected chi connectivity index (χ2v) is 17.0. The Hall–Kier alpha value is -2.79. The van der Waals surface area contributed by atoms with E-state index in [9.17, 15) is 22.0 Å². The van der Waals surface area contributed by atoms with E-state index in [1.807, 2.05) is 24.3 Å². The second kappa shape index (κ2) is 11.0. The summed E-state index contributed by atoms with van der Waals surface area (Å²) in [6.07, 6.45) is 8.15. The first-order valence-corrected chi connectivity index (χ1v) is 17.7. The van der Waals surface area contributed by atoms with Gasteiger partial charge in [-0.3, -0.25) is 4.90 Å². The zero-order valence-corrected chi connectivity index (χ0v) is 25.8. The molecule has 4 aliphatic rings. The highest BCUT2D eigenvalue weighted by molar-refractivity contribution is 7.93. The van der Waals surface area contributed by atoms with Crippen molar-refractivity contribution in [2.45, 2.75) is 62.1 Å². The minimum Gasteiger partial charge on any atom is -0.411 e. The van der Waals surface area contributed by atoms with E-state index in [0.717, 1.165) is 24.9 Å². The molecule has 2 aromatic carbocycles. The summed E-state index contributed by atoms with van der Waals surface area (Å²) >= 11 is 0. The van der Waals surface area contributed by atoms with Crippen molar-refractivity contribution >= 4 is 25.6 Å². The van der Waals surface area contributed by atoms with Gasteiger partial charge < -0.3 is 5.21 Å². The van der Waals surface area contributed by atoms with Crippen LogP contribution in [-0.2, 0) is 26.4 Å². The van der Waals surface area contributed by atoms with Gasteiger partial charge >= 0.3 is 0 Å². The second-order valence-electron chi connectivity index (χ2n) is 12.8. The zero-order valence-electron chi connectivity index (χ0n) is 24.2. The smallest absolute Gasteiger partial charge is 0.242 e.